The minimum atomic E-state index is -0.0351. The molecule has 1 fully saturated rings. The van der Waals surface area contributed by atoms with Crippen LogP contribution in [0.1, 0.15) is 6.42 Å². The van der Waals surface area contributed by atoms with Crippen LogP contribution in [0.3, 0.4) is 0 Å². The molecule has 4 heteroatoms. The number of aromatic nitrogens is 1. The normalized spacial score (nSPS) is 20.2. The van der Waals surface area contributed by atoms with Crippen LogP contribution in [0.25, 0.3) is 10.9 Å². The molecule has 0 N–H and O–H groups in total. The Morgan fingerprint density at radius 2 is 2.24 bits per heavy atom. The average molecular weight is 291 g/mol. The Bertz CT molecular complexity index is 584. The molecule has 1 aliphatic rings. The zero-order valence-electron chi connectivity index (χ0n) is 9.14. The van der Waals surface area contributed by atoms with E-state index < -0.39 is 0 Å². The molecule has 3 rings (SSSR count). The summed E-state index contributed by atoms with van der Waals surface area (Å²) in [5.74, 6) is 0.147. The fourth-order valence-electron chi connectivity index (χ4n) is 2.13. The van der Waals surface area contributed by atoms with Crippen LogP contribution in [0.2, 0.25) is 0 Å². The van der Waals surface area contributed by atoms with Gasteiger partial charge in [0.2, 0.25) is 5.91 Å². The molecular weight excluding hydrogens is 280 g/mol. The summed E-state index contributed by atoms with van der Waals surface area (Å²) in [5, 5.41) is 1.07. The number of halogens is 1. The number of benzene rings is 1. The van der Waals surface area contributed by atoms with Crippen molar-refractivity contribution in [1.29, 1.82) is 0 Å². The van der Waals surface area contributed by atoms with E-state index >= 15 is 0 Å². The van der Waals surface area contributed by atoms with Gasteiger partial charge in [0, 0.05) is 23.8 Å². The first kappa shape index (κ1) is 10.7. The van der Waals surface area contributed by atoms with E-state index in [-0.39, 0.29) is 10.7 Å². The highest BCUT2D eigenvalue weighted by Crippen LogP contribution is 2.27. The fraction of sp³-hybridized carbons (Fsp3) is 0.231. The van der Waals surface area contributed by atoms with Crippen LogP contribution < -0.4 is 4.90 Å². The Balaban J connectivity index is 2.04. The van der Waals surface area contributed by atoms with Crippen molar-refractivity contribution in [3.05, 3.63) is 36.5 Å². The predicted octanol–water partition coefficient (Wildman–Crippen LogP) is 2.74. The average Bonchev–Trinajstić information content (AvgIpc) is 2.70. The molecule has 1 aromatic heterocycles. The van der Waals surface area contributed by atoms with Crippen molar-refractivity contribution in [2.24, 2.45) is 0 Å². The monoisotopic (exact) mass is 290 g/mol. The minimum absolute atomic E-state index is 0.0351. The number of hydrogen-bond donors (Lipinski definition) is 0. The molecular formula is C13H11BrN2O. The molecule has 2 heterocycles. The molecule has 0 spiro atoms. The maximum Gasteiger partial charge on any atom is 0.240 e. The van der Waals surface area contributed by atoms with E-state index in [2.05, 4.69) is 20.9 Å². The highest BCUT2D eigenvalue weighted by atomic mass is 79.9. The number of nitrogens with zero attached hydrogens (tertiary/aromatic N) is 2. The molecule has 0 bridgehead atoms. The van der Waals surface area contributed by atoms with Gasteiger partial charge in [0.1, 0.15) is 0 Å². The van der Waals surface area contributed by atoms with Gasteiger partial charge in [-0.25, -0.2) is 0 Å². The van der Waals surface area contributed by atoms with Crippen LogP contribution in [0.4, 0.5) is 5.69 Å². The molecule has 1 saturated heterocycles. The van der Waals surface area contributed by atoms with E-state index in [1.165, 1.54) is 0 Å². The van der Waals surface area contributed by atoms with Crippen molar-refractivity contribution in [3.63, 3.8) is 0 Å². The third-order valence-corrected chi connectivity index (χ3v) is 3.89. The first-order valence-corrected chi connectivity index (χ1v) is 6.47. The molecule has 1 unspecified atom stereocenters. The first-order valence-electron chi connectivity index (χ1n) is 5.56. The maximum absolute atomic E-state index is 11.9. The quantitative estimate of drug-likeness (QED) is 0.757. The van der Waals surface area contributed by atoms with Crippen molar-refractivity contribution in [2.75, 3.05) is 11.4 Å². The Labute approximate surface area is 108 Å². The van der Waals surface area contributed by atoms with Crippen LogP contribution in [-0.4, -0.2) is 22.3 Å². The topological polar surface area (TPSA) is 33.2 Å². The molecule has 1 aliphatic heterocycles. The number of anilines is 1. The summed E-state index contributed by atoms with van der Waals surface area (Å²) in [6.07, 6.45) is 2.64. The summed E-state index contributed by atoms with van der Waals surface area (Å²) < 4.78 is 0. The van der Waals surface area contributed by atoms with Crippen LogP contribution in [0.15, 0.2) is 36.5 Å². The second-order valence-electron chi connectivity index (χ2n) is 4.13. The molecule has 1 amide bonds. The third-order valence-electron chi connectivity index (χ3n) is 3.04. The lowest BCUT2D eigenvalue weighted by Gasteiger charge is -2.16. The molecule has 86 valence electrons. The van der Waals surface area contributed by atoms with Crippen LogP contribution in [0.5, 0.6) is 0 Å². The summed E-state index contributed by atoms with van der Waals surface area (Å²) >= 11 is 3.39. The highest BCUT2D eigenvalue weighted by Gasteiger charge is 2.30. The van der Waals surface area contributed by atoms with Gasteiger partial charge in [0.05, 0.1) is 10.3 Å². The number of rotatable bonds is 1. The number of alkyl halides is 1. The van der Waals surface area contributed by atoms with Gasteiger partial charge in [0.25, 0.3) is 0 Å². The van der Waals surface area contributed by atoms with E-state index in [1.54, 1.807) is 6.20 Å². The van der Waals surface area contributed by atoms with E-state index in [0.29, 0.717) is 0 Å². The largest absolute Gasteiger partial charge is 0.311 e. The number of carbonyl (C=O) groups is 1. The number of fused-ring (bicyclic) bond motifs is 1. The Hall–Kier alpha value is -1.42. The molecule has 3 nitrogen and oxygen atoms in total. The smallest absolute Gasteiger partial charge is 0.240 e. The summed E-state index contributed by atoms with van der Waals surface area (Å²) in [6.45, 7) is 0.778. The van der Waals surface area contributed by atoms with Gasteiger partial charge in [0.15, 0.2) is 0 Å². The zero-order chi connectivity index (χ0) is 11.8. The molecule has 17 heavy (non-hydrogen) atoms. The van der Waals surface area contributed by atoms with Gasteiger partial charge in [-0.15, -0.1) is 0 Å². The lowest BCUT2D eigenvalue weighted by atomic mass is 10.2. The molecule has 0 radical (unpaired) electrons. The minimum Gasteiger partial charge on any atom is -0.311 e. The van der Waals surface area contributed by atoms with Crippen LogP contribution in [-0.2, 0) is 4.79 Å². The Morgan fingerprint density at radius 1 is 1.35 bits per heavy atom. The van der Waals surface area contributed by atoms with Crippen molar-refractivity contribution < 1.29 is 4.79 Å². The predicted molar refractivity (Wildman–Crippen MR) is 71.4 cm³/mol. The van der Waals surface area contributed by atoms with Crippen LogP contribution >= 0.6 is 15.9 Å². The van der Waals surface area contributed by atoms with Gasteiger partial charge in [-0.2, -0.15) is 0 Å². The maximum atomic E-state index is 11.9. The first-order chi connectivity index (χ1) is 8.25. The lowest BCUT2D eigenvalue weighted by Crippen LogP contribution is -2.26. The summed E-state index contributed by atoms with van der Waals surface area (Å²) in [5.41, 5.74) is 1.91. The van der Waals surface area contributed by atoms with Gasteiger partial charge < -0.3 is 4.90 Å². The van der Waals surface area contributed by atoms with Crippen molar-refractivity contribution >= 4 is 38.4 Å². The summed E-state index contributed by atoms with van der Waals surface area (Å²) in [4.78, 5) is 18.0. The van der Waals surface area contributed by atoms with Gasteiger partial charge in [-0.1, -0.05) is 22.0 Å². The number of amides is 1. The Morgan fingerprint density at radius 3 is 3.00 bits per heavy atom. The van der Waals surface area contributed by atoms with E-state index in [0.717, 1.165) is 29.6 Å². The molecule has 0 aliphatic carbocycles. The Kier molecular flexibility index (Phi) is 2.59. The molecule has 0 saturated carbocycles. The van der Waals surface area contributed by atoms with Crippen molar-refractivity contribution in [3.8, 4) is 0 Å². The number of pyridine rings is 1. The van der Waals surface area contributed by atoms with Crippen LogP contribution in [0, 0.1) is 0 Å². The number of hydrogen-bond acceptors (Lipinski definition) is 2. The van der Waals surface area contributed by atoms with Gasteiger partial charge in [-0.05, 0) is 30.7 Å². The van der Waals surface area contributed by atoms with E-state index in [4.69, 9.17) is 0 Å². The second kappa shape index (κ2) is 4.11. The second-order valence-corrected chi connectivity index (χ2v) is 5.23. The van der Waals surface area contributed by atoms with E-state index in [1.807, 2.05) is 35.2 Å². The molecule has 2 aromatic rings. The van der Waals surface area contributed by atoms with E-state index in [9.17, 15) is 4.79 Å². The molecule has 1 atom stereocenters. The van der Waals surface area contributed by atoms with Gasteiger partial charge in [-0.3, -0.25) is 9.78 Å². The third kappa shape index (κ3) is 1.82. The lowest BCUT2D eigenvalue weighted by molar-refractivity contribution is -0.116. The number of carbonyl (C=O) groups excluding carboxylic acids is 1. The highest BCUT2D eigenvalue weighted by molar-refractivity contribution is 9.10. The fourth-order valence-corrected chi connectivity index (χ4v) is 2.58. The molecule has 1 aromatic carbocycles. The standard InChI is InChI=1S/C13H11BrN2O/c14-11-5-7-16(13(11)17)10-3-4-12-9(8-10)2-1-6-15-12/h1-4,6,8,11H,5,7H2. The zero-order valence-corrected chi connectivity index (χ0v) is 10.7. The summed E-state index contributed by atoms with van der Waals surface area (Å²) in [6, 6.07) is 9.85. The van der Waals surface area contributed by atoms with Gasteiger partial charge >= 0.3 is 0 Å². The van der Waals surface area contributed by atoms with Crippen molar-refractivity contribution in [2.45, 2.75) is 11.2 Å². The van der Waals surface area contributed by atoms with Crippen molar-refractivity contribution in [1.82, 2.24) is 4.98 Å². The SMILES string of the molecule is O=C1C(Br)CCN1c1ccc2ncccc2c1. The summed E-state index contributed by atoms with van der Waals surface area (Å²) in [7, 11) is 0.